The van der Waals surface area contributed by atoms with Crippen LogP contribution in [0.15, 0.2) is 17.5 Å². The van der Waals surface area contributed by atoms with Crippen molar-refractivity contribution in [2.24, 2.45) is 0 Å². The maximum absolute atomic E-state index is 9.37. The molecule has 0 fully saturated rings. The van der Waals surface area contributed by atoms with Crippen molar-refractivity contribution in [3.63, 3.8) is 0 Å². The molecule has 68 valence electrons. The Morgan fingerprint density at radius 2 is 2.23 bits per heavy atom. The van der Waals surface area contributed by atoms with Crippen LogP contribution in [0.25, 0.3) is 10.1 Å². The van der Waals surface area contributed by atoms with E-state index >= 15 is 0 Å². The van der Waals surface area contributed by atoms with E-state index in [4.69, 9.17) is 5.73 Å². The predicted octanol–water partition coefficient (Wildman–Crippen LogP) is 3.08. The third kappa shape index (κ3) is 1.40. The molecule has 0 unspecified atom stereocenters. The molecular formula is C9H8BrNOS. The van der Waals surface area contributed by atoms with Gasteiger partial charge in [-0.1, -0.05) is 15.9 Å². The zero-order valence-corrected chi connectivity index (χ0v) is 9.15. The Kier molecular flexibility index (Phi) is 2.17. The molecule has 1 aromatic heterocycles. The number of rotatable bonds is 1. The number of halogens is 1. The summed E-state index contributed by atoms with van der Waals surface area (Å²) in [7, 11) is 0. The first-order valence-corrected chi connectivity index (χ1v) is 5.77. The topological polar surface area (TPSA) is 46.2 Å². The minimum atomic E-state index is 0.162. The molecule has 1 aromatic carbocycles. The van der Waals surface area contributed by atoms with E-state index in [1.54, 1.807) is 17.4 Å². The number of benzene rings is 1. The molecule has 0 atom stereocenters. The fourth-order valence-corrected chi connectivity index (χ4v) is 2.89. The van der Waals surface area contributed by atoms with Gasteiger partial charge in [-0.05, 0) is 28.5 Å². The van der Waals surface area contributed by atoms with Crippen LogP contribution < -0.4 is 5.73 Å². The number of fused-ring (bicyclic) bond motifs is 1. The standard InChI is InChI=1S/C9H8BrNOS/c10-3-5-4-13-9-2-8(12)7(11)1-6(5)9/h1-2,4,12H,3,11H2. The summed E-state index contributed by atoms with van der Waals surface area (Å²) >= 11 is 5.02. The number of alkyl halides is 1. The highest BCUT2D eigenvalue weighted by molar-refractivity contribution is 9.08. The number of nitrogens with two attached hydrogens (primary N) is 1. The molecule has 1 heterocycles. The average molecular weight is 258 g/mol. The highest BCUT2D eigenvalue weighted by Crippen LogP contribution is 2.34. The quantitative estimate of drug-likeness (QED) is 0.469. The Hall–Kier alpha value is -0.740. The average Bonchev–Trinajstić information content (AvgIpc) is 2.48. The first kappa shape index (κ1) is 8.84. The van der Waals surface area contributed by atoms with Gasteiger partial charge in [0.1, 0.15) is 5.75 Å². The molecule has 0 spiro atoms. The Bertz CT molecular complexity index is 452. The van der Waals surface area contributed by atoms with Crippen molar-refractivity contribution in [3.8, 4) is 5.75 Å². The molecule has 0 saturated carbocycles. The number of anilines is 1. The zero-order chi connectivity index (χ0) is 9.42. The van der Waals surface area contributed by atoms with Gasteiger partial charge in [0.15, 0.2) is 0 Å². The van der Waals surface area contributed by atoms with Crippen LogP contribution in [0.4, 0.5) is 5.69 Å². The first-order chi connectivity index (χ1) is 6.22. The van der Waals surface area contributed by atoms with Crippen LogP contribution in [-0.4, -0.2) is 5.11 Å². The molecule has 0 aliphatic rings. The van der Waals surface area contributed by atoms with E-state index in [1.807, 2.05) is 6.07 Å². The van der Waals surface area contributed by atoms with Crippen LogP contribution in [-0.2, 0) is 5.33 Å². The highest BCUT2D eigenvalue weighted by atomic mass is 79.9. The Morgan fingerprint density at radius 3 is 2.92 bits per heavy atom. The van der Waals surface area contributed by atoms with Crippen molar-refractivity contribution < 1.29 is 5.11 Å². The Balaban J connectivity index is 2.77. The lowest BCUT2D eigenvalue weighted by atomic mass is 10.2. The van der Waals surface area contributed by atoms with Gasteiger partial charge in [-0.3, -0.25) is 0 Å². The van der Waals surface area contributed by atoms with Crippen molar-refractivity contribution in [1.29, 1.82) is 0 Å². The van der Waals surface area contributed by atoms with E-state index in [9.17, 15) is 5.11 Å². The van der Waals surface area contributed by atoms with Crippen LogP contribution in [0.3, 0.4) is 0 Å². The second-order valence-corrected chi connectivity index (χ2v) is 4.27. The lowest BCUT2D eigenvalue weighted by Crippen LogP contribution is -1.85. The van der Waals surface area contributed by atoms with Gasteiger partial charge in [0.2, 0.25) is 0 Å². The van der Waals surface area contributed by atoms with Gasteiger partial charge in [0.25, 0.3) is 0 Å². The van der Waals surface area contributed by atoms with Gasteiger partial charge >= 0.3 is 0 Å². The number of phenols is 1. The van der Waals surface area contributed by atoms with Gasteiger partial charge in [-0.15, -0.1) is 11.3 Å². The predicted molar refractivity (Wildman–Crippen MR) is 60.5 cm³/mol. The van der Waals surface area contributed by atoms with E-state index in [0.717, 1.165) is 15.4 Å². The molecule has 0 radical (unpaired) electrons. The fourth-order valence-electron chi connectivity index (χ4n) is 1.24. The van der Waals surface area contributed by atoms with Crippen molar-refractivity contribution >= 4 is 43.0 Å². The van der Waals surface area contributed by atoms with Gasteiger partial charge in [0, 0.05) is 10.0 Å². The monoisotopic (exact) mass is 257 g/mol. The zero-order valence-electron chi connectivity index (χ0n) is 6.75. The van der Waals surface area contributed by atoms with E-state index < -0.39 is 0 Å². The lowest BCUT2D eigenvalue weighted by molar-refractivity contribution is 0.479. The largest absolute Gasteiger partial charge is 0.506 e. The second-order valence-electron chi connectivity index (χ2n) is 2.80. The van der Waals surface area contributed by atoms with E-state index in [2.05, 4.69) is 21.3 Å². The van der Waals surface area contributed by atoms with Gasteiger partial charge < -0.3 is 10.8 Å². The van der Waals surface area contributed by atoms with Crippen LogP contribution in [0.2, 0.25) is 0 Å². The summed E-state index contributed by atoms with van der Waals surface area (Å²) in [6, 6.07) is 3.53. The molecule has 2 rings (SSSR count). The van der Waals surface area contributed by atoms with Crippen molar-refractivity contribution in [2.75, 3.05) is 5.73 Å². The molecule has 0 aliphatic carbocycles. The molecule has 3 N–H and O–H groups in total. The van der Waals surface area contributed by atoms with E-state index in [-0.39, 0.29) is 5.75 Å². The maximum Gasteiger partial charge on any atom is 0.139 e. The van der Waals surface area contributed by atoms with Crippen LogP contribution in [0.5, 0.6) is 5.75 Å². The van der Waals surface area contributed by atoms with Crippen LogP contribution in [0, 0.1) is 0 Å². The summed E-state index contributed by atoms with van der Waals surface area (Å²) in [5, 5.41) is 13.4. The molecule has 2 nitrogen and oxygen atoms in total. The summed E-state index contributed by atoms with van der Waals surface area (Å²) in [6.45, 7) is 0. The van der Waals surface area contributed by atoms with Gasteiger partial charge in [-0.2, -0.15) is 0 Å². The molecule has 2 aromatic rings. The van der Waals surface area contributed by atoms with Crippen molar-refractivity contribution in [2.45, 2.75) is 5.33 Å². The van der Waals surface area contributed by atoms with E-state index in [1.165, 1.54) is 5.56 Å². The Morgan fingerprint density at radius 1 is 1.46 bits per heavy atom. The minimum Gasteiger partial charge on any atom is -0.506 e. The summed E-state index contributed by atoms with van der Waals surface area (Å²) in [6.07, 6.45) is 0. The van der Waals surface area contributed by atoms with Crippen molar-refractivity contribution in [1.82, 2.24) is 0 Å². The number of thiophene rings is 1. The maximum atomic E-state index is 9.37. The summed E-state index contributed by atoms with van der Waals surface area (Å²) in [5.74, 6) is 0.162. The second kappa shape index (κ2) is 3.20. The highest BCUT2D eigenvalue weighted by Gasteiger charge is 2.06. The summed E-state index contributed by atoms with van der Waals surface area (Å²) in [5.41, 5.74) is 7.26. The van der Waals surface area contributed by atoms with Crippen molar-refractivity contribution in [3.05, 3.63) is 23.1 Å². The number of hydrogen-bond donors (Lipinski definition) is 2. The number of nitrogen functional groups attached to an aromatic ring is 1. The molecule has 0 bridgehead atoms. The van der Waals surface area contributed by atoms with Gasteiger partial charge in [0.05, 0.1) is 5.69 Å². The van der Waals surface area contributed by atoms with Crippen LogP contribution >= 0.6 is 27.3 Å². The lowest BCUT2D eigenvalue weighted by Gasteiger charge is -1.99. The third-order valence-corrected chi connectivity index (χ3v) is 3.55. The SMILES string of the molecule is Nc1cc2c(CBr)csc2cc1O. The fraction of sp³-hybridized carbons (Fsp3) is 0.111. The molecule has 0 amide bonds. The van der Waals surface area contributed by atoms with Crippen LogP contribution in [0.1, 0.15) is 5.56 Å². The summed E-state index contributed by atoms with van der Waals surface area (Å²) in [4.78, 5) is 0. The molecular weight excluding hydrogens is 250 g/mol. The normalized spacial score (nSPS) is 10.8. The smallest absolute Gasteiger partial charge is 0.139 e. The summed E-state index contributed by atoms with van der Waals surface area (Å²) < 4.78 is 1.07. The molecule has 13 heavy (non-hydrogen) atoms. The number of hydrogen-bond acceptors (Lipinski definition) is 3. The minimum absolute atomic E-state index is 0.162. The number of phenolic OH excluding ortho intramolecular Hbond substituents is 1. The van der Waals surface area contributed by atoms with Gasteiger partial charge in [-0.25, -0.2) is 0 Å². The van der Waals surface area contributed by atoms with E-state index in [0.29, 0.717) is 5.69 Å². The number of aromatic hydroxyl groups is 1. The first-order valence-electron chi connectivity index (χ1n) is 3.77. The Labute approximate surface area is 88.1 Å². The molecule has 4 heteroatoms. The molecule has 0 aliphatic heterocycles. The third-order valence-electron chi connectivity index (χ3n) is 1.95. The molecule has 0 saturated heterocycles.